The molecule has 0 spiro atoms. The van der Waals surface area contributed by atoms with Crippen molar-refractivity contribution in [1.82, 2.24) is 15.3 Å². The number of carbonyl (C=O) groups excluding carboxylic acids is 1. The molecular formula is C19H25N5O. The van der Waals surface area contributed by atoms with Crippen LogP contribution >= 0.6 is 0 Å². The Morgan fingerprint density at radius 2 is 1.80 bits per heavy atom. The summed E-state index contributed by atoms with van der Waals surface area (Å²) in [6.07, 6.45) is 4.14. The van der Waals surface area contributed by atoms with E-state index in [9.17, 15) is 4.79 Å². The van der Waals surface area contributed by atoms with Gasteiger partial charge in [-0.25, -0.2) is 9.97 Å². The Hall–Kier alpha value is -2.63. The number of amides is 1. The van der Waals surface area contributed by atoms with E-state index in [1.807, 2.05) is 6.92 Å². The summed E-state index contributed by atoms with van der Waals surface area (Å²) in [5.74, 6) is 0.577. The van der Waals surface area contributed by atoms with Gasteiger partial charge in [0.1, 0.15) is 0 Å². The van der Waals surface area contributed by atoms with Crippen LogP contribution in [-0.4, -0.2) is 48.6 Å². The number of rotatable bonds is 5. The fourth-order valence-electron chi connectivity index (χ4n) is 2.93. The van der Waals surface area contributed by atoms with E-state index in [-0.39, 0.29) is 5.91 Å². The molecule has 1 aromatic heterocycles. The molecule has 0 atom stereocenters. The third-order valence-electron chi connectivity index (χ3n) is 4.37. The monoisotopic (exact) mass is 339 g/mol. The topological polar surface area (TPSA) is 61.4 Å². The Labute approximate surface area is 148 Å². The van der Waals surface area contributed by atoms with E-state index in [2.05, 4.69) is 56.3 Å². The van der Waals surface area contributed by atoms with Crippen molar-refractivity contribution in [3.63, 3.8) is 0 Å². The summed E-state index contributed by atoms with van der Waals surface area (Å²) < 4.78 is 0. The second-order valence-electron chi connectivity index (χ2n) is 6.34. The Kier molecular flexibility index (Phi) is 5.48. The normalized spacial score (nSPS) is 14.5. The highest BCUT2D eigenvalue weighted by Crippen LogP contribution is 2.19. The predicted molar refractivity (Wildman–Crippen MR) is 100 cm³/mol. The molecule has 1 aromatic carbocycles. The maximum absolute atomic E-state index is 11.9. The van der Waals surface area contributed by atoms with Gasteiger partial charge in [0.2, 0.25) is 5.95 Å². The van der Waals surface area contributed by atoms with Crippen molar-refractivity contribution < 1.29 is 4.79 Å². The van der Waals surface area contributed by atoms with E-state index in [1.165, 1.54) is 11.3 Å². The van der Waals surface area contributed by atoms with Gasteiger partial charge in [-0.1, -0.05) is 19.1 Å². The quantitative estimate of drug-likeness (QED) is 0.905. The molecule has 3 rings (SSSR count). The molecule has 1 fully saturated rings. The van der Waals surface area contributed by atoms with Gasteiger partial charge in [0.25, 0.3) is 5.91 Å². The van der Waals surface area contributed by atoms with Crippen molar-refractivity contribution in [2.45, 2.75) is 20.3 Å². The number of hydrogen-bond acceptors (Lipinski definition) is 5. The van der Waals surface area contributed by atoms with Gasteiger partial charge < -0.3 is 15.1 Å². The lowest BCUT2D eigenvalue weighted by Crippen LogP contribution is -2.47. The van der Waals surface area contributed by atoms with E-state index in [1.54, 1.807) is 12.4 Å². The maximum Gasteiger partial charge on any atom is 0.254 e. The zero-order valence-electron chi connectivity index (χ0n) is 14.9. The van der Waals surface area contributed by atoms with Crippen molar-refractivity contribution in [3.8, 4) is 0 Å². The first-order valence-electron chi connectivity index (χ1n) is 8.84. The number of aromatic nitrogens is 2. The van der Waals surface area contributed by atoms with Crippen LogP contribution in [0.3, 0.4) is 0 Å². The molecule has 6 heteroatoms. The highest BCUT2D eigenvalue weighted by molar-refractivity contribution is 5.93. The Morgan fingerprint density at radius 1 is 1.12 bits per heavy atom. The van der Waals surface area contributed by atoms with E-state index >= 15 is 0 Å². The van der Waals surface area contributed by atoms with Crippen LogP contribution in [0.2, 0.25) is 0 Å². The van der Waals surface area contributed by atoms with Gasteiger partial charge in [0.15, 0.2) is 0 Å². The number of benzene rings is 1. The number of nitrogens with zero attached hydrogens (tertiary/aromatic N) is 4. The fourth-order valence-corrected chi connectivity index (χ4v) is 2.93. The second-order valence-corrected chi connectivity index (χ2v) is 6.34. The van der Waals surface area contributed by atoms with Crippen LogP contribution < -0.4 is 15.1 Å². The average molecular weight is 339 g/mol. The molecule has 132 valence electrons. The molecule has 1 amide bonds. The zero-order valence-corrected chi connectivity index (χ0v) is 14.9. The number of nitrogens with one attached hydrogen (secondary N) is 1. The van der Waals surface area contributed by atoms with Crippen molar-refractivity contribution in [2.75, 3.05) is 42.5 Å². The van der Waals surface area contributed by atoms with Crippen molar-refractivity contribution >= 4 is 17.5 Å². The first-order chi connectivity index (χ1) is 12.2. The molecule has 2 heterocycles. The summed E-state index contributed by atoms with van der Waals surface area (Å²) in [5.41, 5.74) is 3.05. The van der Waals surface area contributed by atoms with Crippen LogP contribution in [0.4, 0.5) is 11.6 Å². The van der Waals surface area contributed by atoms with E-state index in [0.717, 1.165) is 32.6 Å². The zero-order chi connectivity index (χ0) is 17.6. The van der Waals surface area contributed by atoms with Crippen LogP contribution in [0, 0.1) is 6.92 Å². The minimum Gasteiger partial charge on any atom is -0.368 e. The van der Waals surface area contributed by atoms with E-state index in [4.69, 9.17) is 0 Å². The fraction of sp³-hybridized carbons (Fsp3) is 0.421. The Bertz CT molecular complexity index is 708. The molecule has 1 aliphatic heterocycles. The third kappa shape index (κ3) is 4.26. The smallest absolute Gasteiger partial charge is 0.254 e. The number of carbonyl (C=O) groups is 1. The molecule has 1 N–H and O–H groups in total. The summed E-state index contributed by atoms with van der Waals surface area (Å²) >= 11 is 0. The van der Waals surface area contributed by atoms with Crippen LogP contribution in [0.25, 0.3) is 0 Å². The SMILES string of the molecule is CCCNC(=O)c1cnc(N2CCN(c3cccc(C)c3)CC2)nc1. The molecule has 0 saturated carbocycles. The average Bonchev–Trinajstić information content (AvgIpc) is 2.66. The highest BCUT2D eigenvalue weighted by atomic mass is 16.1. The van der Waals surface area contributed by atoms with Crippen LogP contribution in [-0.2, 0) is 0 Å². The van der Waals surface area contributed by atoms with E-state index in [0.29, 0.717) is 18.1 Å². The second kappa shape index (κ2) is 7.96. The van der Waals surface area contributed by atoms with Gasteiger partial charge in [-0.2, -0.15) is 0 Å². The molecule has 0 radical (unpaired) electrons. The maximum atomic E-state index is 11.9. The number of piperazine rings is 1. The lowest BCUT2D eigenvalue weighted by atomic mass is 10.2. The first kappa shape index (κ1) is 17.2. The van der Waals surface area contributed by atoms with Gasteiger partial charge in [0, 0.05) is 50.8 Å². The largest absolute Gasteiger partial charge is 0.368 e. The van der Waals surface area contributed by atoms with Crippen LogP contribution in [0.5, 0.6) is 0 Å². The van der Waals surface area contributed by atoms with Crippen molar-refractivity contribution in [1.29, 1.82) is 0 Å². The summed E-state index contributed by atoms with van der Waals surface area (Å²) in [6, 6.07) is 8.59. The van der Waals surface area contributed by atoms with Crippen molar-refractivity contribution in [2.24, 2.45) is 0 Å². The molecule has 1 aliphatic rings. The van der Waals surface area contributed by atoms with Crippen LogP contribution in [0.15, 0.2) is 36.7 Å². The molecule has 2 aromatic rings. The minimum atomic E-state index is -0.113. The summed E-state index contributed by atoms with van der Waals surface area (Å²) in [7, 11) is 0. The molecule has 0 aliphatic carbocycles. The highest BCUT2D eigenvalue weighted by Gasteiger charge is 2.19. The summed E-state index contributed by atoms with van der Waals surface area (Å²) in [4.78, 5) is 25.2. The molecule has 25 heavy (non-hydrogen) atoms. The predicted octanol–water partition coefficient (Wildman–Crippen LogP) is 2.25. The van der Waals surface area contributed by atoms with Gasteiger partial charge in [-0.3, -0.25) is 4.79 Å². The lowest BCUT2D eigenvalue weighted by Gasteiger charge is -2.36. The van der Waals surface area contributed by atoms with Gasteiger partial charge in [-0.05, 0) is 31.0 Å². The van der Waals surface area contributed by atoms with Gasteiger partial charge >= 0.3 is 0 Å². The molecule has 0 bridgehead atoms. The van der Waals surface area contributed by atoms with Crippen LogP contribution in [0.1, 0.15) is 29.3 Å². The Morgan fingerprint density at radius 3 is 2.44 bits per heavy atom. The number of aryl methyl sites for hydroxylation is 1. The Balaban J connectivity index is 1.58. The van der Waals surface area contributed by atoms with Gasteiger partial charge in [0.05, 0.1) is 5.56 Å². The number of hydrogen-bond donors (Lipinski definition) is 1. The molecule has 0 unspecified atom stereocenters. The summed E-state index contributed by atoms with van der Waals surface area (Å²) in [5, 5.41) is 2.84. The lowest BCUT2D eigenvalue weighted by molar-refractivity contribution is 0.0953. The first-order valence-corrected chi connectivity index (χ1v) is 8.84. The molecule has 6 nitrogen and oxygen atoms in total. The van der Waals surface area contributed by atoms with Gasteiger partial charge in [-0.15, -0.1) is 0 Å². The standard InChI is InChI=1S/C19H25N5O/c1-3-7-20-18(25)16-13-21-19(22-14-16)24-10-8-23(9-11-24)17-6-4-5-15(2)12-17/h4-6,12-14H,3,7-11H2,1-2H3,(H,20,25). The molecular weight excluding hydrogens is 314 g/mol. The molecule has 1 saturated heterocycles. The van der Waals surface area contributed by atoms with Crippen molar-refractivity contribution in [3.05, 3.63) is 47.8 Å². The third-order valence-corrected chi connectivity index (χ3v) is 4.37. The summed E-state index contributed by atoms with van der Waals surface area (Å²) in [6.45, 7) is 8.42. The minimum absolute atomic E-state index is 0.113. The number of anilines is 2. The van der Waals surface area contributed by atoms with E-state index < -0.39 is 0 Å².